The molecule has 0 spiro atoms. The molecule has 1 atom stereocenters. The van der Waals surface area contributed by atoms with E-state index >= 15 is 0 Å². The number of hydrogen-bond donors (Lipinski definition) is 5. The lowest BCUT2D eigenvalue weighted by atomic mass is 10.0. The number of aliphatic hydroxyl groups is 1. The number of carbonyl (C=O) groups excluding carboxylic acids is 2. The highest BCUT2D eigenvalue weighted by Crippen LogP contribution is 2.41. The molecule has 1 aromatic carbocycles. The first-order valence-corrected chi connectivity index (χ1v) is 15.8. The van der Waals surface area contributed by atoms with Crippen LogP contribution in [0.3, 0.4) is 0 Å². The number of rotatable bonds is 15. The van der Waals surface area contributed by atoms with Crippen molar-refractivity contribution in [2.75, 3.05) is 46.3 Å². The van der Waals surface area contributed by atoms with Gasteiger partial charge in [0.25, 0.3) is 5.91 Å². The van der Waals surface area contributed by atoms with E-state index in [1.807, 2.05) is 12.1 Å². The molecule has 3 aromatic heterocycles. The lowest BCUT2D eigenvalue weighted by Crippen LogP contribution is -2.35. The van der Waals surface area contributed by atoms with Gasteiger partial charge >= 0.3 is 0 Å². The van der Waals surface area contributed by atoms with E-state index in [4.69, 9.17) is 35.9 Å². The Hall–Kier alpha value is -4.82. The van der Waals surface area contributed by atoms with Crippen LogP contribution in [0.4, 0.5) is 5.69 Å². The summed E-state index contributed by atoms with van der Waals surface area (Å²) in [7, 11) is 4.58. The van der Waals surface area contributed by atoms with E-state index in [0.717, 1.165) is 17.5 Å². The highest BCUT2D eigenvalue weighted by atomic mass is 35.5. The van der Waals surface area contributed by atoms with Crippen molar-refractivity contribution in [2.24, 2.45) is 0 Å². The fourth-order valence-corrected chi connectivity index (χ4v) is 5.72. The third kappa shape index (κ3) is 8.00. The highest BCUT2D eigenvalue weighted by Gasteiger charge is 2.22. The molecule has 5 rings (SSSR count). The van der Waals surface area contributed by atoms with Crippen molar-refractivity contribution in [3.8, 4) is 39.9 Å². The Morgan fingerprint density at radius 3 is 2.58 bits per heavy atom. The summed E-state index contributed by atoms with van der Waals surface area (Å²) < 4.78 is 16.8. The fourth-order valence-electron chi connectivity index (χ4n) is 5.41. The van der Waals surface area contributed by atoms with E-state index in [9.17, 15) is 9.59 Å². The van der Waals surface area contributed by atoms with E-state index in [0.29, 0.717) is 83.2 Å². The van der Waals surface area contributed by atoms with Crippen LogP contribution >= 0.6 is 11.6 Å². The Kier molecular flexibility index (Phi) is 11.7. The number of aromatic nitrogens is 3. The minimum Gasteiger partial charge on any atom is -0.496 e. The molecular weight excluding hydrogens is 638 g/mol. The van der Waals surface area contributed by atoms with Crippen molar-refractivity contribution in [1.82, 2.24) is 30.9 Å². The van der Waals surface area contributed by atoms with Gasteiger partial charge in [-0.15, -0.1) is 0 Å². The minimum absolute atomic E-state index is 0.00360. The first-order valence-electron chi connectivity index (χ1n) is 15.4. The summed E-state index contributed by atoms with van der Waals surface area (Å²) in [5, 5.41) is 21.6. The first kappa shape index (κ1) is 34.5. The van der Waals surface area contributed by atoms with Crippen molar-refractivity contribution in [2.45, 2.75) is 32.0 Å². The Morgan fingerprint density at radius 2 is 1.85 bits per heavy atom. The number of benzene rings is 1. The number of hydrogen-bond acceptors (Lipinski definition) is 11. The van der Waals surface area contributed by atoms with Crippen LogP contribution in [0.25, 0.3) is 22.5 Å². The monoisotopic (exact) mass is 675 g/mol. The van der Waals surface area contributed by atoms with Crippen molar-refractivity contribution < 1.29 is 28.9 Å². The second kappa shape index (κ2) is 16.3. The molecule has 1 aliphatic rings. The van der Waals surface area contributed by atoms with Crippen LogP contribution in [0, 0.1) is 0 Å². The van der Waals surface area contributed by atoms with Gasteiger partial charge in [0, 0.05) is 79.4 Å². The smallest absolute Gasteiger partial charge is 0.274 e. The molecule has 252 valence electrons. The van der Waals surface area contributed by atoms with Gasteiger partial charge in [0.05, 0.1) is 50.0 Å². The normalized spacial score (nSPS) is 14.0. The zero-order valence-corrected chi connectivity index (χ0v) is 27.7. The number of anilines is 1. The number of methoxy groups -OCH3 is 3. The zero-order chi connectivity index (χ0) is 34.0. The standard InChI is InChI=1S/C34H38ClN7O6/c1-46-28-15-27(39-18-21(28)17-36-13-14-43)33(45)41-26-6-4-5-24(32(26)47-2)31-30(35)23(11-12-38-31)25-9-7-20(34(42-25)48-3)16-37-19-22-8-10-29(44)40-22/h4-7,9,11-12,15,18,22,36-37,43H,8,10,13-14,16-17,19H2,1-3H3,(H,40,44)(H,41,45). The molecule has 1 saturated heterocycles. The maximum Gasteiger partial charge on any atom is 0.274 e. The average Bonchev–Trinajstić information content (AvgIpc) is 3.53. The molecule has 13 nitrogen and oxygen atoms in total. The summed E-state index contributed by atoms with van der Waals surface area (Å²) in [5.74, 6) is 0.914. The SMILES string of the molecule is COc1cc(C(=O)Nc2cccc(-c3nccc(-c4ccc(CNCC5CCC(=O)N5)c(OC)n4)c3Cl)c2OC)ncc1CNCCO. The zero-order valence-electron chi connectivity index (χ0n) is 26.9. The van der Waals surface area contributed by atoms with Crippen molar-refractivity contribution in [1.29, 1.82) is 0 Å². The average molecular weight is 676 g/mol. The van der Waals surface area contributed by atoms with Gasteiger partial charge in [-0.2, -0.15) is 0 Å². The molecule has 4 aromatic rings. The van der Waals surface area contributed by atoms with Gasteiger partial charge < -0.3 is 40.6 Å². The number of pyridine rings is 3. The van der Waals surface area contributed by atoms with Crippen LogP contribution in [0.15, 0.2) is 54.9 Å². The van der Waals surface area contributed by atoms with Crippen LogP contribution in [0.2, 0.25) is 5.02 Å². The summed E-state index contributed by atoms with van der Waals surface area (Å²) >= 11 is 6.98. The molecule has 14 heteroatoms. The number of para-hydroxylation sites is 1. The molecule has 48 heavy (non-hydrogen) atoms. The number of amides is 2. The lowest BCUT2D eigenvalue weighted by Gasteiger charge is -2.17. The Morgan fingerprint density at radius 1 is 1.02 bits per heavy atom. The summed E-state index contributed by atoms with van der Waals surface area (Å²) in [6.45, 7) is 2.01. The Bertz CT molecular complexity index is 1770. The summed E-state index contributed by atoms with van der Waals surface area (Å²) in [4.78, 5) is 38.4. The molecule has 0 bridgehead atoms. The number of ether oxygens (including phenoxy) is 3. The Labute approximate surface area is 283 Å². The second-order valence-electron chi connectivity index (χ2n) is 10.9. The highest BCUT2D eigenvalue weighted by molar-refractivity contribution is 6.35. The molecule has 2 amide bonds. The van der Waals surface area contributed by atoms with E-state index in [2.05, 4.69) is 31.2 Å². The Balaban J connectivity index is 1.36. The van der Waals surface area contributed by atoms with Crippen molar-refractivity contribution >= 4 is 29.1 Å². The summed E-state index contributed by atoms with van der Waals surface area (Å²) in [5.41, 5.74) is 4.37. The van der Waals surface area contributed by atoms with Gasteiger partial charge in [-0.1, -0.05) is 23.7 Å². The number of nitrogens with zero attached hydrogens (tertiary/aromatic N) is 3. The van der Waals surface area contributed by atoms with E-state index in [-0.39, 0.29) is 24.2 Å². The number of carbonyl (C=O) groups is 2. The molecule has 0 aliphatic carbocycles. The number of halogens is 1. The third-order valence-corrected chi connectivity index (χ3v) is 8.19. The minimum atomic E-state index is -0.467. The van der Waals surface area contributed by atoms with E-state index in [1.54, 1.807) is 49.8 Å². The topological polar surface area (TPSA) is 169 Å². The van der Waals surface area contributed by atoms with Gasteiger partial charge in [-0.25, -0.2) is 4.98 Å². The third-order valence-electron chi connectivity index (χ3n) is 7.81. The van der Waals surface area contributed by atoms with Gasteiger partial charge in [0.15, 0.2) is 5.75 Å². The molecule has 1 unspecified atom stereocenters. The van der Waals surface area contributed by atoms with Crippen LogP contribution in [-0.4, -0.2) is 78.9 Å². The molecule has 0 radical (unpaired) electrons. The molecule has 1 fully saturated rings. The predicted octanol–water partition coefficient (Wildman–Crippen LogP) is 3.59. The van der Waals surface area contributed by atoms with Gasteiger partial charge in [0.2, 0.25) is 11.8 Å². The summed E-state index contributed by atoms with van der Waals surface area (Å²) in [6, 6.07) is 12.5. The largest absolute Gasteiger partial charge is 0.496 e. The van der Waals surface area contributed by atoms with Crippen molar-refractivity contribution in [3.63, 3.8) is 0 Å². The number of aliphatic hydroxyl groups excluding tert-OH is 1. The van der Waals surface area contributed by atoms with Gasteiger partial charge in [-0.05, 0) is 30.7 Å². The van der Waals surface area contributed by atoms with Crippen LogP contribution in [-0.2, 0) is 17.9 Å². The van der Waals surface area contributed by atoms with Crippen LogP contribution < -0.4 is 35.5 Å². The molecule has 4 heterocycles. The molecule has 1 aliphatic heterocycles. The molecule has 0 saturated carbocycles. The maximum atomic E-state index is 13.3. The maximum absolute atomic E-state index is 13.3. The fraction of sp³-hybridized carbons (Fsp3) is 0.324. The first-order chi connectivity index (χ1) is 23.4. The van der Waals surface area contributed by atoms with Crippen LogP contribution in [0.5, 0.6) is 17.4 Å². The quantitative estimate of drug-likeness (QED) is 0.117. The molecule has 5 N–H and O–H groups in total. The van der Waals surface area contributed by atoms with Crippen LogP contribution in [0.1, 0.15) is 34.5 Å². The van der Waals surface area contributed by atoms with Gasteiger partial charge in [-0.3, -0.25) is 19.6 Å². The lowest BCUT2D eigenvalue weighted by molar-refractivity contribution is -0.119. The van der Waals surface area contributed by atoms with Gasteiger partial charge in [0.1, 0.15) is 11.4 Å². The number of nitrogens with one attached hydrogen (secondary N) is 4. The van der Waals surface area contributed by atoms with Crippen molar-refractivity contribution in [3.05, 3.63) is 76.7 Å². The van der Waals surface area contributed by atoms with E-state index < -0.39 is 5.91 Å². The second-order valence-corrected chi connectivity index (χ2v) is 11.3. The molecular formula is C34H38ClN7O6. The predicted molar refractivity (Wildman–Crippen MR) is 181 cm³/mol. The van der Waals surface area contributed by atoms with E-state index in [1.165, 1.54) is 14.2 Å². The summed E-state index contributed by atoms with van der Waals surface area (Å²) in [6.07, 6.45) is 4.56.